The van der Waals surface area contributed by atoms with Crippen molar-refractivity contribution in [1.29, 1.82) is 0 Å². The van der Waals surface area contributed by atoms with Gasteiger partial charge in [-0.3, -0.25) is 0 Å². The zero-order valence-corrected chi connectivity index (χ0v) is 12.1. The van der Waals surface area contributed by atoms with Crippen molar-refractivity contribution in [3.05, 3.63) is 29.8 Å². The van der Waals surface area contributed by atoms with Gasteiger partial charge in [0.05, 0.1) is 0 Å². The van der Waals surface area contributed by atoms with Gasteiger partial charge in [0, 0.05) is 18.0 Å². The second-order valence-electron chi connectivity index (χ2n) is 5.13. The molecule has 1 heterocycles. The van der Waals surface area contributed by atoms with E-state index in [2.05, 4.69) is 35.4 Å². The average Bonchev–Trinajstić information content (AvgIpc) is 2.42. The molecule has 0 spiro atoms. The molecule has 0 aliphatic carbocycles. The fourth-order valence-electron chi connectivity index (χ4n) is 2.69. The lowest BCUT2D eigenvalue weighted by molar-refractivity contribution is 0.188. The smallest absolute Gasteiger partial charge is 0.0105 e. The number of hydrogen-bond donors (Lipinski definition) is 1. The van der Waals surface area contributed by atoms with E-state index in [1.807, 2.05) is 11.8 Å². The molecule has 1 fully saturated rings. The molecule has 1 aromatic rings. The number of thioether (sulfide) groups is 1. The van der Waals surface area contributed by atoms with Crippen molar-refractivity contribution in [3.63, 3.8) is 0 Å². The van der Waals surface area contributed by atoms with Gasteiger partial charge in [0.2, 0.25) is 0 Å². The van der Waals surface area contributed by atoms with Crippen LogP contribution < -0.4 is 5.73 Å². The highest BCUT2D eigenvalue weighted by Crippen LogP contribution is 2.23. The van der Waals surface area contributed by atoms with Gasteiger partial charge >= 0.3 is 0 Å². The maximum atomic E-state index is 5.60. The fourth-order valence-corrected chi connectivity index (χ4v) is 3.10. The van der Waals surface area contributed by atoms with Gasteiger partial charge in [0.1, 0.15) is 0 Å². The summed E-state index contributed by atoms with van der Waals surface area (Å²) in [6.45, 7) is 4.31. The number of hydrogen-bond acceptors (Lipinski definition) is 3. The number of nitrogens with two attached hydrogens (primary N) is 1. The maximum Gasteiger partial charge on any atom is 0.0105 e. The SMILES string of the molecule is CSc1ccc(CC2CCN(CCN)CC2)cc1. The molecule has 2 rings (SSSR count). The topological polar surface area (TPSA) is 29.3 Å². The van der Waals surface area contributed by atoms with E-state index >= 15 is 0 Å². The van der Waals surface area contributed by atoms with Crippen LogP contribution in [0.25, 0.3) is 0 Å². The van der Waals surface area contributed by atoms with Crippen LogP contribution in [0.1, 0.15) is 18.4 Å². The van der Waals surface area contributed by atoms with E-state index < -0.39 is 0 Å². The van der Waals surface area contributed by atoms with E-state index in [0.29, 0.717) is 0 Å². The van der Waals surface area contributed by atoms with Gasteiger partial charge in [-0.15, -0.1) is 11.8 Å². The Hall–Kier alpha value is -0.510. The molecule has 100 valence electrons. The lowest BCUT2D eigenvalue weighted by atomic mass is 9.90. The first-order chi connectivity index (χ1) is 8.81. The molecule has 3 heteroatoms. The maximum absolute atomic E-state index is 5.60. The Bertz CT molecular complexity index is 342. The van der Waals surface area contributed by atoms with Crippen molar-refractivity contribution in [1.82, 2.24) is 4.90 Å². The minimum Gasteiger partial charge on any atom is -0.329 e. The Labute approximate surface area is 115 Å². The number of benzene rings is 1. The Morgan fingerprint density at radius 1 is 1.22 bits per heavy atom. The Morgan fingerprint density at radius 3 is 2.44 bits per heavy atom. The first-order valence-electron chi connectivity index (χ1n) is 6.87. The van der Waals surface area contributed by atoms with Gasteiger partial charge in [0.15, 0.2) is 0 Å². The summed E-state index contributed by atoms with van der Waals surface area (Å²) in [5.74, 6) is 0.860. The molecule has 0 aromatic heterocycles. The third-order valence-corrected chi connectivity index (χ3v) is 4.58. The molecular weight excluding hydrogens is 240 g/mol. The van der Waals surface area contributed by atoms with E-state index in [1.165, 1.54) is 42.8 Å². The van der Waals surface area contributed by atoms with E-state index in [0.717, 1.165) is 19.0 Å². The van der Waals surface area contributed by atoms with Gasteiger partial charge in [-0.25, -0.2) is 0 Å². The quantitative estimate of drug-likeness (QED) is 0.829. The summed E-state index contributed by atoms with van der Waals surface area (Å²) in [4.78, 5) is 3.85. The van der Waals surface area contributed by atoms with Crippen LogP contribution in [0.2, 0.25) is 0 Å². The van der Waals surface area contributed by atoms with E-state index in [4.69, 9.17) is 5.73 Å². The van der Waals surface area contributed by atoms with Crippen LogP contribution in [0.3, 0.4) is 0 Å². The molecule has 0 amide bonds. The summed E-state index contributed by atoms with van der Waals surface area (Å²) in [5, 5.41) is 0. The summed E-state index contributed by atoms with van der Waals surface area (Å²) in [6.07, 6.45) is 6.02. The van der Waals surface area contributed by atoms with E-state index in [-0.39, 0.29) is 0 Å². The van der Waals surface area contributed by atoms with Gasteiger partial charge in [-0.1, -0.05) is 12.1 Å². The molecule has 18 heavy (non-hydrogen) atoms. The summed E-state index contributed by atoms with van der Waals surface area (Å²) in [7, 11) is 0. The van der Waals surface area contributed by atoms with Crippen molar-refractivity contribution in [2.24, 2.45) is 11.7 Å². The number of rotatable bonds is 5. The number of likely N-dealkylation sites (tertiary alicyclic amines) is 1. The normalized spacial score (nSPS) is 18.1. The van der Waals surface area contributed by atoms with Crippen LogP contribution in [0, 0.1) is 5.92 Å². The predicted octanol–water partition coefficient (Wildman–Crippen LogP) is 2.62. The molecule has 1 aliphatic heterocycles. The molecule has 1 aliphatic rings. The van der Waals surface area contributed by atoms with Gasteiger partial charge in [0.25, 0.3) is 0 Å². The second-order valence-corrected chi connectivity index (χ2v) is 6.01. The summed E-state index contributed by atoms with van der Waals surface area (Å²) in [5.41, 5.74) is 7.09. The third kappa shape index (κ3) is 4.01. The molecule has 1 aromatic carbocycles. The number of piperidine rings is 1. The summed E-state index contributed by atoms with van der Waals surface area (Å²) in [6, 6.07) is 9.06. The average molecular weight is 264 g/mol. The zero-order chi connectivity index (χ0) is 12.8. The second kappa shape index (κ2) is 7.17. The molecule has 0 atom stereocenters. The van der Waals surface area contributed by atoms with Crippen molar-refractivity contribution < 1.29 is 0 Å². The molecule has 0 saturated carbocycles. The van der Waals surface area contributed by atoms with Crippen molar-refractivity contribution in [2.75, 3.05) is 32.4 Å². The fraction of sp³-hybridized carbons (Fsp3) is 0.600. The van der Waals surface area contributed by atoms with Crippen LogP contribution in [-0.4, -0.2) is 37.3 Å². The minimum absolute atomic E-state index is 0.792. The number of nitrogens with zero attached hydrogens (tertiary/aromatic N) is 1. The molecule has 1 saturated heterocycles. The van der Waals surface area contributed by atoms with Crippen LogP contribution in [0.15, 0.2) is 29.2 Å². The van der Waals surface area contributed by atoms with Crippen molar-refractivity contribution >= 4 is 11.8 Å². The van der Waals surface area contributed by atoms with Crippen molar-refractivity contribution in [3.8, 4) is 0 Å². The lowest BCUT2D eigenvalue weighted by Gasteiger charge is -2.31. The minimum atomic E-state index is 0.792. The van der Waals surface area contributed by atoms with Gasteiger partial charge < -0.3 is 10.6 Å². The monoisotopic (exact) mass is 264 g/mol. The highest BCUT2D eigenvalue weighted by Gasteiger charge is 2.18. The van der Waals surface area contributed by atoms with Crippen LogP contribution >= 0.6 is 11.8 Å². The van der Waals surface area contributed by atoms with Crippen LogP contribution in [0.5, 0.6) is 0 Å². The molecular formula is C15H24N2S. The Balaban J connectivity index is 1.80. The first kappa shape index (κ1) is 13.9. The molecule has 2 nitrogen and oxygen atoms in total. The van der Waals surface area contributed by atoms with Gasteiger partial charge in [-0.05, 0) is 62.2 Å². The highest BCUT2D eigenvalue weighted by molar-refractivity contribution is 7.98. The first-order valence-corrected chi connectivity index (χ1v) is 8.09. The summed E-state index contributed by atoms with van der Waals surface area (Å²) >= 11 is 1.81. The summed E-state index contributed by atoms with van der Waals surface area (Å²) < 4.78 is 0. The van der Waals surface area contributed by atoms with E-state index in [9.17, 15) is 0 Å². The molecule has 0 radical (unpaired) electrons. The predicted molar refractivity (Wildman–Crippen MR) is 80.1 cm³/mol. The lowest BCUT2D eigenvalue weighted by Crippen LogP contribution is -2.37. The van der Waals surface area contributed by atoms with Crippen LogP contribution in [-0.2, 0) is 6.42 Å². The van der Waals surface area contributed by atoms with Crippen LogP contribution in [0.4, 0.5) is 0 Å². The van der Waals surface area contributed by atoms with E-state index in [1.54, 1.807) is 0 Å². The van der Waals surface area contributed by atoms with Crippen molar-refractivity contribution in [2.45, 2.75) is 24.2 Å². The highest BCUT2D eigenvalue weighted by atomic mass is 32.2. The molecule has 0 unspecified atom stereocenters. The zero-order valence-electron chi connectivity index (χ0n) is 11.3. The Kier molecular flexibility index (Phi) is 5.54. The Morgan fingerprint density at radius 2 is 1.89 bits per heavy atom. The standard InChI is InChI=1S/C15H24N2S/c1-18-15-4-2-13(3-5-15)12-14-6-9-17(10-7-14)11-8-16/h2-5,14H,6-12,16H2,1H3. The third-order valence-electron chi connectivity index (χ3n) is 3.84. The molecule has 2 N–H and O–H groups in total. The van der Waals surface area contributed by atoms with Gasteiger partial charge in [-0.2, -0.15) is 0 Å². The molecule has 0 bridgehead atoms. The largest absolute Gasteiger partial charge is 0.329 e.